The number of hydrogen-bond acceptors (Lipinski definition) is 5. The predicted octanol–water partition coefficient (Wildman–Crippen LogP) is 1.49. The molecule has 1 unspecified atom stereocenters. The summed E-state index contributed by atoms with van der Waals surface area (Å²) in [6.07, 6.45) is -0.0646. The van der Waals surface area contributed by atoms with Crippen molar-refractivity contribution in [3.63, 3.8) is 0 Å². The summed E-state index contributed by atoms with van der Waals surface area (Å²) in [7, 11) is 1.49. The lowest BCUT2D eigenvalue weighted by Crippen LogP contribution is -2.44. The number of ether oxygens (including phenoxy) is 3. The van der Waals surface area contributed by atoms with Gasteiger partial charge in [-0.05, 0) is 18.7 Å². The fraction of sp³-hybridized carbons (Fsp3) is 0.533. The normalized spacial score (nSPS) is 19.2. The van der Waals surface area contributed by atoms with E-state index in [0.29, 0.717) is 19.0 Å². The largest absolute Gasteiger partial charge is 0.493 e. The van der Waals surface area contributed by atoms with Crippen LogP contribution in [0.25, 0.3) is 0 Å². The molecule has 0 amide bonds. The lowest BCUT2D eigenvalue weighted by Gasteiger charge is -2.32. The molecule has 0 radical (unpaired) electrons. The fourth-order valence-corrected chi connectivity index (χ4v) is 2.34. The van der Waals surface area contributed by atoms with Crippen LogP contribution in [0.5, 0.6) is 11.5 Å². The molecule has 0 aliphatic carbocycles. The number of carboxylic acids is 1. The lowest BCUT2D eigenvalue weighted by molar-refractivity contribution is -0.0468. The zero-order valence-electron chi connectivity index (χ0n) is 12.4. The maximum atomic E-state index is 11.3. The third kappa shape index (κ3) is 3.86. The van der Waals surface area contributed by atoms with E-state index in [1.54, 1.807) is 12.1 Å². The zero-order chi connectivity index (χ0) is 15.2. The van der Waals surface area contributed by atoms with Gasteiger partial charge in [0.05, 0.1) is 13.7 Å². The van der Waals surface area contributed by atoms with Gasteiger partial charge in [-0.1, -0.05) is 13.0 Å². The highest BCUT2D eigenvalue weighted by Gasteiger charge is 2.22. The Bertz CT molecular complexity index is 491. The summed E-state index contributed by atoms with van der Waals surface area (Å²) in [6.45, 7) is 5.74. The standard InChI is InChI=1S/C15H21NO5/c1-3-16-7-8-20-11(9-16)10-21-14-12(15(17)18)5-4-6-13(14)19-2/h4-6,11H,3,7-10H2,1-2H3,(H,17,18). The molecule has 1 aliphatic rings. The summed E-state index contributed by atoms with van der Waals surface area (Å²) < 4.78 is 16.5. The second kappa shape index (κ2) is 7.28. The van der Waals surface area contributed by atoms with Gasteiger partial charge in [0.1, 0.15) is 18.3 Å². The van der Waals surface area contributed by atoms with Crippen LogP contribution in [0.15, 0.2) is 18.2 Å². The number of aromatic carboxylic acids is 1. The quantitative estimate of drug-likeness (QED) is 0.857. The van der Waals surface area contributed by atoms with Gasteiger partial charge in [-0.25, -0.2) is 4.79 Å². The first-order valence-electron chi connectivity index (χ1n) is 7.02. The highest BCUT2D eigenvalue weighted by molar-refractivity contribution is 5.92. The van der Waals surface area contributed by atoms with Crippen molar-refractivity contribution in [3.8, 4) is 11.5 Å². The molecule has 1 fully saturated rings. The van der Waals surface area contributed by atoms with Crippen LogP contribution in [0, 0.1) is 0 Å². The molecule has 0 bridgehead atoms. The lowest BCUT2D eigenvalue weighted by atomic mass is 10.2. The maximum absolute atomic E-state index is 11.3. The molecule has 0 saturated carbocycles. The molecule has 1 N–H and O–H groups in total. The van der Waals surface area contributed by atoms with Gasteiger partial charge in [0.15, 0.2) is 11.5 Å². The van der Waals surface area contributed by atoms with Crippen molar-refractivity contribution in [2.75, 3.05) is 40.0 Å². The zero-order valence-corrected chi connectivity index (χ0v) is 12.4. The Morgan fingerprint density at radius 2 is 2.33 bits per heavy atom. The summed E-state index contributed by atoms with van der Waals surface area (Å²) in [4.78, 5) is 13.5. The first kappa shape index (κ1) is 15.6. The number of carboxylic acid groups (broad SMARTS) is 1. The number of rotatable bonds is 6. The van der Waals surface area contributed by atoms with Crippen LogP contribution in [0.3, 0.4) is 0 Å². The topological polar surface area (TPSA) is 68.2 Å². The summed E-state index contributed by atoms with van der Waals surface area (Å²) in [5, 5.41) is 9.23. The van der Waals surface area contributed by atoms with Crippen molar-refractivity contribution in [2.45, 2.75) is 13.0 Å². The highest BCUT2D eigenvalue weighted by Crippen LogP contribution is 2.31. The number of likely N-dealkylation sites (N-methyl/N-ethyl adjacent to an activating group) is 1. The van der Waals surface area contributed by atoms with Crippen LogP contribution in [-0.2, 0) is 4.74 Å². The van der Waals surface area contributed by atoms with Crippen LogP contribution in [-0.4, -0.2) is 62.0 Å². The van der Waals surface area contributed by atoms with Crippen molar-refractivity contribution < 1.29 is 24.1 Å². The second-order valence-corrected chi connectivity index (χ2v) is 4.84. The van der Waals surface area contributed by atoms with E-state index in [4.69, 9.17) is 14.2 Å². The Balaban J connectivity index is 2.06. The van der Waals surface area contributed by atoms with E-state index in [2.05, 4.69) is 11.8 Å². The summed E-state index contributed by atoms with van der Waals surface area (Å²) >= 11 is 0. The Morgan fingerprint density at radius 3 is 3.00 bits per heavy atom. The van der Waals surface area contributed by atoms with Gasteiger partial charge >= 0.3 is 5.97 Å². The van der Waals surface area contributed by atoms with Gasteiger partial charge in [0.2, 0.25) is 0 Å². The van der Waals surface area contributed by atoms with Crippen LogP contribution in [0.2, 0.25) is 0 Å². The van der Waals surface area contributed by atoms with Crippen LogP contribution < -0.4 is 9.47 Å². The molecule has 1 saturated heterocycles. The summed E-state index contributed by atoms with van der Waals surface area (Å²) in [5.41, 5.74) is 0.0949. The van der Waals surface area contributed by atoms with Gasteiger partial charge in [0.25, 0.3) is 0 Å². The Hall–Kier alpha value is -1.79. The van der Waals surface area contributed by atoms with E-state index in [1.165, 1.54) is 13.2 Å². The van der Waals surface area contributed by atoms with Gasteiger partial charge in [-0.2, -0.15) is 0 Å². The van der Waals surface area contributed by atoms with E-state index in [9.17, 15) is 9.90 Å². The van der Waals surface area contributed by atoms with E-state index >= 15 is 0 Å². The van der Waals surface area contributed by atoms with Crippen molar-refractivity contribution >= 4 is 5.97 Å². The number of morpholine rings is 1. The molecule has 116 valence electrons. The van der Waals surface area contributed by atoms with Crippen LogP contribution >= 0.6 is 0 Å². The molecular weight excluding hydrogens is 274 g/mol. The molecule has 6 nitrogen and oxygen atoms in total. The average Bonchev–Trinajstić information content (AvgIpc) is 2.52. The van der Waals surface area contributed by atoms with Crippen molar-refractivity contribution in [1.29, 1.82) is 0 Å². The van der Waals surface area contributed by atoms with E-state index in [0.717, 1.165) is 19.6 Å². The minimum absolute atomic E-state index is 0.0646. The van der Waals surface area contributed by atoms with E-state index < -0.39 is 5.97 Å². The first-order valence-corrected chi connectivity index (χ1v) is 7.02. The fourth-order valence-electron chi connectivity index (χ4n) is 2.34. The average molecular weight is 295 g/mol. The number of nitrogens with zero attached hydrogens (tertiary/aromatic N) is 1. The van der Waals surface area contributed by atoms with Gasteiger partial charge in [0, 0.05) is 13.1 Å². The predicted molar refractivity (Wildman–Crippen MR) is 77.3 cm³/mol. The van der Waals surface area contributed by atoms with E-state index in [1.807, 2.05) is 0 Å². The number of benzene rings is 1. The van der Waals surface area contributed by atoms with E-state index in [-0.39, 0.29) is 17.4 Å². The third-order valence-electron chi connectivity index (χ3n) is 3.51. The Labute approximate surface area is 124 Å². The number of hydrogen-bond donors (Lipinski definition) is 1. The molecule has 1 aromatic carbocycles. The minimum atomic E-state index is -1.04. The van der Waals surface area contributed by atoms with Crippen LogP contribution in [0.1, 0.15) is 17.3 Å². The molecule has 0 spiro atoms. The third-order valence-corrected chi connectivity index (χ3v) is 3.51. The van der Waals surface area contributed by atoms with Gasteiger partial charge < -0.3 is 19.3 Å². The molecule has 1 atom stereocenters. The Morgan fingerprint density at radius 1 is 1.52 bits per heavy atom. The molecule has 1 aliphatic heterocycles. The monoisotopic (exact) mass is 295 g/mol. The first-order chi connectivity index (χ1) is 10.2. The smallest absolute Gasteiger partial charge is 0.339 e. The second-order valence-electron chi connectivity index (χ2n) is 4.84. The molecule has 6 heteroatoms. The maximum Gasteiger partial charge on any atom is 0.339 e. The van der Waals surface area contributed by atoms with Crippen molar-refractivity contribution in [2.24, 2.45) is 0 Å². The molecule has 2 rings (SSSR count). The summed E-state index contributed by atoms with van der Waals surface area (Å²) in [6, 6.07) is 4.81. The molecule has 1 aromatic rings. The SMILES string of the molecule is CCN1CCOC(COc2c(OC)cccc2C(=O)O)C1. The van der Waals surface area contributed by atoms with Gasteiger partial charge in [-0.3, -0.25) is 4.90 Å². The summed E-state index contributed by atoms with van der Waals surface area (Å²) in [5.74, 6) is -0.369. The number of methoxy groups -OCH3 is 1. The highest BCUT2D eigenvalue weighted by atomic mass is 16.5. The molecule has 21 heavy (non-hydrogen) atoms. The number of para-hydroxylation sites is 1. The molecule has 1 heterocycles. The number of carbonyl (C=O) groups is 1. The Kier molecular flexibility index (Phi) is 5.41. The van der Waals surface area contributed by atoms with Crippen LogP contribution in [0.4, 0.5) is 0 Å². The molecule has 0 aromatic heterocycles. The van der Waals surface area contributed by atoms with Crippen molar-refractivity contribution in [3.05, 3.63) is 23.8 Å². The molecular formula is C15H21NO5. The minimum Gasteiger partial charge on any atom is -0.493 e. The van der Waals surface area contributed by atoms with Gasteiger partial charge in [-0.15, -0.1) is 0 Å². The van der Waals surface area contributed by atoms with Crippen molar-refractivity contribution in [1.82, 2.24) is 4.90 Å².